The first-order valence-electron chi connectivity index (χ1n) is 2.29. The second-order valence-corrected chi connectivity index (χ2v) is 3.02. The van der Waals surface area contributed by atoms with Crippen molar-refractivity contribution in [1.29, 1.82) is 5.41 Å². The van der Waals surface area contributed by atoms with E-state index in [4.69, 9.17) is 11.1 Å². The molecule has 0 atom stereocenters. The molecule has 3 N–H and O–H groups in total. The fourth-order valence-corrected chi connectivity index (χ4v) is 1.10. The number of hydrogen-bond donors (Lipinski definition) is 2. The number of amidine groups is 1. The van der Waals surface area contributed by atoms with E-state index < -0.39 is 0 Å². The highest BCUT2D eigenvalue weighted by atomic mass is 32.2. The molecule has 0 bridgehead atoms. The summed E-state index contributed by atoms with van der Waals surface area (Å²) in [6.45, 7) is 0. The van der Waals surface area contributed by atoms with E-state index in [1.165, 1.54) is 24.6 Å². The number of nitrogens with two attached hydrogens (primary N) is 1. The summed E-state index contributed by atoms with van der Waals surface area (Å²) in [5, 5.41) is 7.76. The minimum Gasteiger partial charge on any atom is -0.379 e. The zero-order valence-electron chi connectivity index (χ0n) is 3.98. The Morgan fingerprint density at radius 2 is 2.29 bits per heavy atom. The van der Waals surface area contributed by atoms with Gasteiger partial charge in [0.2, 0.25) is 0 Å². The van der Waals surface area contributed by atoms with Gasteiger partial charge in [-0.25, -0.2) is 0 Å². The summed E-state index contributed by atoms with van der Waals surface area (Å²) in [6.07, 6.45) is 2.51. The molecular formula is C4H8N2S. The number of nitrogens with one attached hydrogen (secondary N) is 1. The van der Waals surface area contributed by atoms with Crippen molar-refractivity contribution in [3.05, 3.63) is 0 Å². The lowest BCUT2D eigenvalue weighted by Crippen LogP contribution is -2.04. The van der Waals surface area contributed by atoms with Crippen LogP contribution in [0, 0.1) is 5.41 Å². The van der Waals surface area contributed by atoms with Crippen LogP contribution >= 0.6 is 11.8 Å². The third-order valence-corrected chi connectivity index (χ3v) is 1.88. The number of hydrogen-bond acceptors (Lipinski definition) is 2. The average Bonchev–Trinajstić information content (AvgIpc) is 2.17. The van der Waals surface area contributed by atoms with Crippen LogP contribution in [0.25, 0.3) is 0 Å². The van der Waals surface area contributed by atoms with Crippen LogP contribution < -0.4 is 5.73 Å². The van der Waals surface area contributed by atoms with Gasteiger partial charge in [0.05, 0.1) is 0 Å². The largest absolute Gasteiger partial charge is 0.379 e. The standard InChI is InChI=1S/C4H8N2S/c5-4(6)7-3-1-2-3/h3H,1-2H2,(H3,5,6). The van der Waals surface area contributed by atoms with Crippen molar-refractivity contribution in [1.82, 2.24) is 0 Å². The van der Waals surface area contributed by atoms with Crippen molar-refractivity contribution in [3.8, 4) is 0 Å². The molecule has 2 nitrogen and oxygen atoms in total. The third kappa shape index (κ3) is 1.83. The molecule has 1 aliphatic rings. The predicted octanol–water partition coefficient (Wildman–Crippen LogP) is 0.775. The van der Waals surface area contributed by atoms with Crippen LogP contribution in [0.5, 0.6) is 0 Å². The van der Waals surface area contributed by atoms with Crippen LogP contribution in [0.15, 0.2) is 0 Å². The second kappa shape index (κ2) is 1.74. The molecule has 0 heterocycles. The predicted molar refractivity (Wildman–Crippen MR) is 32.5 cm³/mol. The summed E-state index contributed by atoms with van der Waals surface area (Å²) in [5.74, 6) is 0. The first kappa shape index (κ1) is 4.97. The van der Waals surface area contributed by atoms with Crippen molar-refractivity contribution in [2.75, 3.05) is 0 Å². The van der Waals surface area contributed by atoms with Crippen LogP contribution in [0.2, 0.25) is 0 Å². The summed E-state index contributed by atoms with van der Waals surface area (Å²) in [5.41, 5.74) is 5.08. The van der Waals surface area contributed by atoms with E-state index in [9.17, 15) is 0 Å². The van der Waals surface area contributed by atoms with Crippen molar-refractivity contribution in [2.45, 2.75) is 18.1 Å². The average molecular weight is 116 g/mol. The molecule has 0 amide bonds. The summed E-state index contributed by atoms with van der Waals surface area (Å²) in [7, 11) is 0. The highest BCUT2D eigenvalue weighted by Crippen LogP contribution is 2.33. The molecule has 0 aliphatic heterocycles. The Morgan fingerprint density at radius 3 is 2.43 bits per heavy atom. The minimum absolute atomic E-state index is 0.266. The molecule has 0 aromatic heterocycles. The summed E-state index contributed by atoms with van der Waals surface area (Å²) >= 11 is 1.48. The third-order valence-electron chi connectivity index (χ3n) is 0.818. The van der Waals surface area contributed by atoms with Gasteiger partial charge in [0, 0.05) is 5.25 Å². The number of rotatable bonds is 1. The molecule has 0 aromatic rings. The van der Waals surface area contributed by atoms with Gasteiger partial charge in [-0.2, -0.15) is 0 Å². The van der Waals surface area contributed by atoms with Crippen LogP contribution in [-0.2, 0) is 0 Å². The Hall–Kier alpha value is -0.180. The van der Waals surface area contributed by atoms with Crippen LogP contribution in [-0.4, -0.2) is 10.4 Å². The van der Waals surface area contributed by atoms with Gasteiger partial charge < -0.3 is 5.73 Å². The highest BCUT2D eigenvalue weighted by Gasteiger charge is 2.22. The Balaban J connectivity index is 2.08. The van der Waals surface area contributed by atoms with Crippen molar-refractivity contribution < 1.29 is 0 Å². The summed E-state index contributed by atoms with van der Waals surface area (Å²) in [6, 6.07) is 0. The van der Waals surface area contributed by atoms with E-state index in [1.54, 1.807) is 0 Å². The summed E-state index contributed by atoms with van der Waals surface area (Å²) in [4.78, 5) is 0. The zero-order valence-corrected chi connectivity index (χ0v) is 4.79. The Bertz CT molecular complexity index is 87.7. The molecule has 1 saturated carbocycles. The first-order valence-corrected chi connectivity index (χ1v) is 3.17. The molecule has 0 radical (unpaired) electrons. The molecule has 40 valence electrons. The maximum atomic E-state index is 6.81. The summed E-state index contributed by atoms with van der Waals surface area (Å²) < 4.78 is 0. The van der Waals surface area contributed by atoms with Crippen molar-refractivity contribution in [2.24, 2.45) is 5.73 Å². The van der Waals surface area contributed by atoms with E-state index in [2.05, 4.69) is 0 Å². The lowest BCUT2D eigenvalue weighted by atomic mass is 11.0. The topological polar surface area (TPSA) is 49.9 Å². The van der Waals surface area contributed by atoms with Gasteiger partial charge in [-0.1, -0.05) is 11.8 Å². The molecule has 7 heavy (non-hydrogen) atoms. The van der Waals surface area contributed by atoms with E-state index in [0.29, 0.717) is 5.25 Å². The SMILES string of the molecule is N=C(N)SC1CC1. The van der Waals surface area contributed by atoms with E-state index in [-0.39, 0.29) is 5.17 Å². The molecule has 0 spiro atoms. The van der Waals surface area contributed by atoms with Crippen molar-refractivity contribution >= 4 is 16.9 Å². The van der Waals surface area contributed by atoms with Gasteiger partial charge in [-0.3, -0.25) is 5.41 Å². The van der Waals surface area contributed by atoms with Crippen LogP contribution in [0.3, 0.4) is 0 Å². The molecule has 1 rings (SSSR count). The molecule has 0 saturated heterocycles. The minimum atomic E-state index is 0.266. The fourth-order valence-electron chi connectivity index (χ4n) is 0.365. The molecule has 1 aliphatic carbocycles. The van der Waals surface area contributed by atoms with E-state index in [1.807, 2.05) is 0 Å². The molecular weight excluding hydrogens is 108 g/mol. The molecule has 0 unspecified atom stereocenters. The van der Waals surface area contributed by atoms with E-state index in [0.717, 1.165) is 0 Å². The maximum Gasteiger partial charge on any atom is 0.151 e. The highest BCUT2D eigenvalue weighted by molar-refractivity contribution is 8.14. The van der Waals surface area contributed by atoms with Crippen LogP contribution in [0.4, 0.5) is 0 Å². The molecule has 0 aromatic carbocycles. The lowest BCUT2D eigenvalue weighted by molar-refractivity contribution is 1.48. The maximum absolute atomic E-state index is 6.81. The number of thioether (sulfide) groups is 1. The van der Waals surface area contributed by atoms with E-state index >= 15 is 0 Å². The Labute approximate surface area is 47.0 Å². The first-order chi connectivity index (χ1) is 3.29. The van der Waals surface area contributed by atoms with Gasteiger partial charge in [0.15, 0.2) is 5.17 Å². The fraction of sp³-hybridized carbons (Fsp3) is 0.750. The smallest absolute Gasteiger partial charge is 0.151 e. The van der Waals surface area contributed by atoms with Crippen LogP contribution in [0.1, 0.15) is 12.8 Å². The van der Waals surface area contributed by atoms with Crippen molar-refractivity contribution in [3.63, 3.8) is 0 Å². The monoisotopic (exact) mass is 116 g/mol. The van der Waals surface area contributed by atoms with Gasteiger partial charge in [0.1, 0.15) is 0 Å². The van der Waals surface area contributed by atoms with Gasteiger partial charge in [0.25, 0.3) is 0 Å². The molecule has 1 fully saturated rings. The molecule has 3 heteroatoms. The van der Waals surface area contributed by atoms with Gasteiger partial charge in [-0.15, -0.1) is 0 Å². The van der Waals surface area contributed by atoms with Gasteiger partial charge >= 0.3 is 0 Å². The quantitative estimate of drug-likeness (QED) is 0.393. The zero-order chi connectivity index (χ0) is 5.28. The Morgan fingerprint density at radius 1 is 1.71 bits per heavy atom. The Kier molecular flexibility index (Phi) is 1.23. The normalized spacial score (nSPS) is 19.4. The lowest BCUT2D eigenvalue weighted by Gasteiger charge is -1.88. The second-order valence-electron chi connectivity index (χ2n) is 1.68. The van der Waals surface area contributed by atoms with Gasteiger partial charge in [-0.05, 0) is 12.8 Å².